The molecule has 4 rings (SSSR count). The molecule has 0 fully saturated rings. The van der Waals surface area contributed by atoms with E-state index in [1.807, 2.05) is 18.2 Å². The van der Waals surface area contributed by atoms with Gasteiger partial charge in [0.25, 0.3) is 11.8 Å². The van der Waals surface area contributed by atoms with E-state index in [0.29, 0.717) is 53.2 Å². The van der Waals surface area contributed by atoms with Crippen molar-refractivity contribution in [2.24, 2.45) is 0 Å². The van der Waals surface area contributed by atoms with Gasteiger partial charge in [0.15, 0.2) is 17.3 Å². The molecule has 0 aliphatic carbocycles. The third-order valence-electron chi connectivity index (χ3n) is 3.74. The molecule has 25 heavy (non-hydrogen) atoms. The maximum atomic E-state index is 12.6. The Hall–Kier alpha value is -3.35. The van der Waals surface area contributed by atoms with Gasteiger partial charge < -0.3 is 19.3 Å². The number of nitrogens with zero attached hydrogens (tertiary/aromatic N) is 2. The number of amides is 1. The second-order valence-corrected chi connectivity index (χ2v) is 5.50. The lowest BCUT2D eigenvalue weighted by atomic mass is 10.1. The summed E-state index contributed by atoms with van der Waals surface area (Å²) in [5.74, 6) is 1.84. The van der Waals surface area contributed by atoms with Gasteiger partial charge in [-0.05, 0) is 37.3 Å². The molecular weight excluding hydrogens is 322 g/mol. The first-order valence-electron chi connectivity index (χ1n) is 7.81. The molecule has 7 nitrogen and oxygen atoms in total. The molecule has 3 aromatic rings. The minimum atomic E-state index is -0.263. The number of anilines is 1. The van der Waals surface area contributed by atoms with Crippen molar-refractivity contribution in [3.63, 3.8) is 0 Å². The minimum Gasteiger partial charge on any atom is -0.486 e. The van der Waals surface area contributed by atoms with E-state index >= 15 is 0 Å². The molecule has 1 aliphatic rings. The largest absolute Gasteiger partial charge is 0.486 e. The van der Waals surface area contributed by atoms with Gasteiger partial charge in [0.1, 0.15) is 13.2 Å². The Morgan fingerprint density at radius 3 is 2.68 bits per heavy atom. The second kappa shape index (κ2) is 6.27. The summed E-state index contributed by atoms with van der Waals surface area (Å²) >= 11 is 0. The van der Waals surface area contributed by atoms with E-state index in [0.717, 1.165) is 0 Å². The number of aromatic nitrogens is 2. The number of carbonyl (C=O) groups excluding carboxylic acids is 1. The number of ether oxygens (including phenoxy) is 2. The Morgan fingerprint density at radius 2 is 1.88 bits per heavy atom. The SMILES string of the molecule is Cc1noc(-c2ccccc2NC(=O)c2ccc3c(c2)OCCO3)n1. The van der Waals surface area contributed by atoms with Gasteiger partial charge in [-0.25, -0.2) is 0 Å². The van der Waals surface area contributed by atoms with Crippen LogP contribution in [0.1, 0.15) is 16.2 Å². The normalized spacial score (nSPS) is 12.7. The molecule has 0 saturated carbocycles. The number of para-hydroxylation sites is 1. The van der Waals surface area contributed by atoms with E-state index in [4.69, 9.17) is 14.0 Å². The molecule has 2 aromatic carbocycles. The number of fused-ring (bicyclic) bond motifs is 1. The highest BCUT2D eigenvalue weighted by Gasteiger charge is 2.17. The number of carbonyl (C=O) groups is 1. The smallest absolute Gasteiger partial charge is 0.260 e. The van der Waals surface area contributed by atoms with E-state index in [9.17, 15) is 4.79 Å². The number of aryl methyl sites for hydroxylation is 1. The lowest BCUT2D eigenvalue weighted by Gasteiger charge is -2.18. The molecule has 0 atom stereocenters. The molecule has 0 radical (unpaired) electrons. The zero-order chi connectivity index (χ0) is 17.2. The van der Waals surface area contributed by atoms with Crippen molar-refractivity contribution < 1.29 is 18.8 Å². The zero-order valence-electron chi connectivity index (χ0n) is 13.5. The summed E-state index contributed by atoms with van der Waals surface area (Å²) in [5, 5.41) is 6.67. The van der Waals surface area contributed by atoms with E-state index in [1.54, 1.807) is 31.2 Å². The molecule has 1 amide bonds. The molecule has 0 bridgehead atoms. The highest BCUT2D eigenvalue weighted by molar-refractivity contribution is 6.06. The average Bonchev–Trinajstić information content (AvgIpc) is 3.08. The highest BCUT2D eigenvalue weighted by atomic mass is 16.6. The third-order valence-corrected chi connectivity index (χ3v) is 3.74. The number of nitrogens with one attached hydrogen (secondary N) is 1. The lowest BCUT2D eigenvalue weighted by molar-refractivity contribution is 0.102. The van der Waals surface area contributed by atoms with Gasteiger partial charge in [-0.2, -0.15) is 4.98 Å². The van der Waals surface area contributed by atoms with Crippen LogP contribution in [0.25, 0.3) is 11.5 Å². The fraction of sp³-hybridized carbons (Fsp3) is 0.167. The van der Waals surface area contributed by atoms with Gasteiger partial charge in [-0.3, -0.25) is 4.79 Å². The van der Waals surface area contributed by atoms with E-state index < -0.39 is 0 Å². The summed E-state index contributed by atoms with van der Waals surface area (Å²) in [5.41, 5.74) is 1.72. The Bertz CT molecular complexity index is 936. The molecule has 1 aromatic heterocycles. The van der Waals surface area contributed by atoms with E-state index in [1.165, 1.54) is 0 Å². The lowest BCUT2D eigenvalue weighted by Crippen LogP contribution is -2.17. The Balaban J connectivity index is 1.61. The third kappa shape index (κ3) is 3.03. The van der Waals surface area contributed by atoms with Crippen LogP contribution in [-0.2, 0) is 0 Å². The van der Waals surface area contributed by atoms with Gasteiger partial charge in [-0.15, -0.1) is 0 Å². The van der Waals surface area contributed by atoms with Crippen LogP contribution in [0.4, 0.5) is 5.69 Å². The summed E-state index contributed by atoms with van der Waals surface area (Å²) in [4.78, 5) is 16.8. The average molecular weight is 337 g/mol. The highest BCUT2D eigenvalue weighted by Crippen LogP contribution is 2.32. The van der Waals surface area contributed by atoms with Gasteiger partial charge in [-0.1, -0.05) is 17.3 Å². The second-order valence-electron chi connectivity index (χ2n) is 5.50. The van der Waals surface area contributed by atoms with Crippen molar-refractivity contribution in [2.45, 2.75) is 6.92 Å². The standard InChI is InChI=1S/C18H15N3O4/c1-11-19-18(25-21-11)13-4-2-3-5-14(13)20-17(22)12-6-7-15-16(10-12)24-9-8-23-15/h2-7,10H,8-9H2,1H3,(H,20,22). The van der Waals surface area contributed by atoms with Crippen LogP contribution >= 0.6 is 0 Å². The minimum absolute atomic E-state index is 0.263. The monoisotopic (exact) mass is 337 g/mol. The first-order chi connectivity index (χ1) is 12.2. The molecule has 0 unspecified atom stereocenters. The Kier molecular flexibility index (Phi) is 3.81. The predicted molar refractivity (Wildman–Crippen MR) is 89.9 cm³/mol. The molecule has 0 spiro atoms. The van der Waals surface area contributed by atoms with E-state index in [2.05, 4.69) is 15.5 Å². The molecule has 1 N–H and O–H groups in total. The molecule has 2 heterocycles. The quantitative estimate of drug-likeness (QED) is 0.790. The molecule has 1 aliphatic heterocycles. The first-order valence-corrected chi connectivity index (χ1v) is 7.81. The van der Waals surface area contributed by atoms with Crippen LogP contribution in [0.3, 0.4) is 0 Å². The Morgan fingerprint density at radius 1 is 1.08 bits per heavy atom. The van der Waals surface area contributed by atoms with Crippen LogP contribution in [0.15, 0.2) is 47.0 Å². The van der Waals surface area contributed by atoms with Crippen molar-refractivity contribution in [2.75, 3.05) is 18.5 Å². The van der Waals surface area contributed by atoms with Crippen LogP contribution in [0, 0.1) is 6.92 Å². The molecule has 7 heteroatoms. The van der Waals surface area contributed by atoms with Gasteiger partial charge in [0, 0.05) is 5.56 Å². The molecular formula is C18H15N3O4. The fourth-order valence-electron chi connectivity index (χ4n) is 2.56. The van der Waals surface area contributed by atoms with Gasteiger partial charge in [0.05, 0.1) is 11.3 Å². The van der Waals surface area contributed by atoms with Crippen LogP contribution in [-0.4, -0.2) is 29.3 Å². The fourth-order valence-corrected chi connectivity index (χ4v) is 2.56. The maximum Gasteiger partial charge on any atom is 0.260 e. The topological polar surface area (TPSA) is 86.5 Å². The van der Waals surface area contributed by atoms with Gasteiger partial charge >= 0.3 is 0 Å². The number of hydrogen-bond acceptors (Lipinski definition) is 6. The zero-order valence-corrected chi connectivity index (χ0v) is 13.5. The van der Waals surface area contributed by atoms with Crippen molar-refractivity contribution in [1.82, 2.24) is 10.1 Å². The van der Waals surface area contributed by atoms with Crippen LogP contribution < -0.4 is 14.8 Å². The van der Waals surface area contributed by atoms with E-state index in [-0.39, 0.29) is 5.91 Å². The summed E-state index contributed by atoms with van der Waals surface area (Å²) < 4.78 is 16.2. The van der Waals surface area contributed by atoms with Gasteiger partial charge in [0.2, 0.25) is 0 Å². The summed E-state index contributed by atoms with van der Waals surface area (Å²) in [6.07, 6.45) is 0. The molecule has 0 saturated heterocycles. The van der Waals surface area contributed by atoms with Crippen LogP contribution in [0.2, 0.25) is 0 Å². The summed E-state index contributed by atoms with van der Waals surface area (Å²) in [7, 11) is 0. The molecule has 126 valence electrons. The van der Waals surface area contributed by atoms with Crippen molar-refractivity contribution >= 4 is 11.6 Å². The Labute approximate surface area is 143 Å². The van der Waals surface area contributed by atoms with Crippen molar-refractivity contribution in [3.8, 4) is 23.0 Å². The summed E-state index contributed by atoms with van der Waals surface area (Å²) in [6.45, 7) is 2.72. The number of benzene rings is 2. The first kappa shape index (κ1) is 15.2. The number of rotatable bonds is 3. The van der Waals surface area contributed by atoms with Crippen molar-refractivity contribution in [1.29, 1.82) is 0 Å². The predicted octanol–water partition coefficient (Wildman–Crippen LogP) is 3.07. The maximum absolute atomic E-state index is 12.6. The summed E-state index contributed by atoms with van der Waals surface area (Å²) in [6, 6.07) is 12.4. The van der Waals surface area contributed by atoms with Crippen molar-refractivity contribution in [3.05, 3.63) is 53.9 Å². The van der Waals surface area contributed by atoms with Crippen LogP contribution in [0.5, 0.6) is 11.5 Å². The number of hydrogen-bond donors (Lipinski definition) is 1.